The normalized spacial score (nSPS) is 21.2. The maximum Gasteiger partial charge on any atom is 0.142 e. The minimum absolute atomic E-state index is 0.884. The quantitative estimate of drug-likeness (QED) is 0.280. The summed E-state index contributed by atoms with van der Waals surface area (Å²) in [5.41, 5.74) is 2.94. The molecule has 1 fully saturated rings. The number of aldehydes is 1. The first-order valence-electron chi connectivity index (χ1n) is 10.00. The van der Waals surface area contributed by atoms with Crippen molar-refractivity contribution in [2.45, 2.75) is 77.6 Å². The lowest BCUT2D eigenvalue weighted by atomic mass is 9.78. The molecule has 0 aromatic heterocycles. The van der Waals surface area contributed by atoms with Crippen LogP contribution in [0.15, 0.2) is 36.4 Å². The highest BCUT2D eigenvalue weighted by atomic mass is 16.1. The molecule has 1 saturated carbocycles. The number of hydrogen-bond acceptors (Lipinski definition) is 1. The van der Waals surface area contributed by atoms with Gasteiger partial charge in [0.25, 0.3) is 0 Å². The van der Waals surface area contributed by atoms with Gasteiger partial charge in [-0.25, -0.2) is 0 Å². The summed E-state index contributed by atoms with van der Waals surface area (Å²) in [6, 6.07) is 9.17. The molecule has 1 aromatic rings. The molecule has 2 rings (SSSR count). The van der Waals surface area contributed by atoms with Gasteiger partial charge < -0.3 is 0 Å². The highest BCUT2D eigenvalue weighted by molar-refractivity contribution is 5.64. The number of hydrogen-bond donors (Lipinski definition) is 0. The number of carbonyl (C=O) groups excluding carboxylic acids is 1. The average Bonchev–Trinajstić information content (AvgIpc) is 2.64. The predicted octanol–water partition coefficient (Wildman–Crippen LogP) is 6.30. The number of unbranched alkanes of at least 4 members (excludes halogenated alkanes) is 1. The monoisotopic (exact) mass is 326 g/mol. The molecule has 1 aliphatic rings. The third kappa shape index (κ3) is 7.03. The van der Waals surface area contributed by atoms with E-state index >= 15 is 0 Å². The Bertz CT molecular complexity index is 477. The zero-order chi connectivity index (χ0) is 17.0. The van der Waals surface area contributed by atoms with Crippen molar-refractivity contribution in [3.63, 3.8) is 0 Å². The molecule has 1 heteroatoms. The fraction of sp³-hybridized carbons (Fsp3) is 0.609. The summed E-state index contributed by atoms with van der Waals surface area (Å²) < 4.78 is 0. The fourth-order valence-corrected chi connectivity index (χ4v) is 4.00. The predicted molar refractivity (Wildman–Crippen MR) is 103 cm³/mol. The Morgan fingerprint density at radius 2 is 1.54 bits per heavy atom. The molecule has 1 aliphatic carbocycles. The van der Waals surface area contributed by atoms with E-state index in [1.54, 1.807) is 6.08 Å². The summed E-state index contributed by atoms with van der Waals surface area (Å²) in [7, 11) is 0. The number of carbonyl (C=O) groups is 1. The van der Waals surface area contributed by atoms with Crippen molar-refractivity contribution in [3.05, 3.63) is 47.5 Å². The van der Waals surface area contributed by atoms with Crippen LogP contribution in [0.4, 0.5) is 0 Å². The second-order valence-corrected chi connectivity index (χ2v) is 7.44. The number of aryl methyl sites for hydroxylation is 2. The SMILES string of the molecule is CCc1ccc(CCCCC2CCC(CCC=CC=O)CC2)cc1. The second-order valence-electron chi connectivity index (χ2n) is 7.44. The topological polar surface area (TPSA) is 17.1 Å². The van der Waals surface area contributed by atoms with Gasteiger partial charge in [-0.05, 0) is 61.1 Å². The molecule has 0 aliphatic heterocycles. The van der Waals surface area contributed by atoms with E-state index < -0.39 is 0 Å². The zero-order valence-electron chi connectivity index (χ0n) is 15.4. The largest absolute Gasteiger partial charge is 0.299 e. The maximum atomic E-state index is 10.3. The Balaban J connectivity index is 1.54. The van der Waals surface area contributed by atoms with Crippen LogP contribution in [0.2, 0.25) is 0 Å². The Morgan fingerprint density at radius 3 is 2.17 bits per heavy atom. The minimum atomic E-state index is 0.884. The van der Waals surface area contributed by atoms with Gasteiger partial charge in [-0.15, -0.1) is 0 Å². The van der Waals surface area contributed by atoms with Gasteiger partial charge in [-0.3, -0.25) is 4.79 Å². The maximum absolute atomic E-state index is 10.3. The van der Waals surface area contributed by atoms with Crippen LogP contribution in [-0.2, 0) is 17.6 Å². The van der Waals surface area contributed by atoms with Gasteiger partial charge in [-0.2, -0.15) is 0 Å². The summed E-state index contributed by atoms with van der Waals surface area (Å²) in [5.74, 6) is 1.86. The van der Waals surface area contributed by atoms with E-state index in [1.165, 1.54) is 68.9 Å². The van der Waals surface area contributed by atoms with Crippen molar-refractivity contribution >= 4 is 6.29 Å². The van der Waals surface area contributed by atoms with Crippen LogP contribution in [0, 0.1) is 11.8 Å². The van der Waals surface area contributed by atoms with Gasteiger partial charge in [0, 0.05) is 0 Å². The Hall–Kier alpha value is -1.37. The molecule has 0 N–H and O–H groups in total. The molecule has 0 unspecified atom stereocenters. The first-order chi connectivity index (χ1) is 11.8. The van der Waals surface area contributed by atoms with E-state index in [1.807, 2.05) is 6.08 Å². The van der Waals surface area contributed by atoms with Gasteiger partial charge in [0.15, 0.2) is 0 Å². The van der Waals surface area contributed by atoms with Crippen LogP contribution in [0.25, 0.3) is 0 Å². The molecule has 24 heavy (non-hydrogen) atoms. The number of allylic oxidation sites excluding steroid dienone is 2. The van der Waals surface area contributed by atoms with Gasteiger partial charge >= 0.3 is 0 Å². The van der Waals surface area contributed by atoms with Crippen molar-refractivity contribution in [3.8, 4) is 0 Å². The minimum Gasteiger partial charge on any atom is -0.299 e. The van der Waals surface area contributed by atoms with E-state index in [2.05, 4.69) is 31.2 Å². The van der Waals surface area contributed by atoms with Crippen molar-refractivity contribution in [1.82, 2.24) is 0 Å². The molecule has 0 heterocycles. The van der Waals surface area contributed by atoms with Crippen LogP contribution in [-0.4, -0.2) is 6.29 Å². The molecule has 132 valence electrons. The lowest BCUT2D eigenvalue weighted by Gasteiger charge is -2.28. The number of rotatable bonds is 10. The molecule has 0 bridgehead atoms. The number of benzene rings is 1. The van der Waals surface area contributed by atoms with E-state index in [0.717, 1.165) is 31.0 Å². The molecular formula is C23H34O. The van der Waals surface area contributed by atoms with E-state index in [4.69, 9.17) is 0 Å². The Labute approximate surface area is 148 Å². The van der Waals surface area contributed by atoms with Crippen molar-refractivity contribution < 1.29 is 4.79 Å². The standard InChI is InChI=1S/C23H34O/c1-2-20-11-13-22(14-12-20)9-5-6-10-23-17-15-21(16-18-23)8-4-3-7-19-24/h3,7,11-14,19,21,23H,2,4-6,8-10,15-18H2,1H3. The molecule has 0 radical (unpaired) electrons. The fourth-order valence-electron chi connectivity index (χ4n) is 4.00. The van der Waals surface area contributed by atoms with E-state index in [9.17, 15) is 4.79 Å². The summed E-state index contributed by atoms with van der Waals surface area (Å²) >= 11 is 0. The molecule has 0 spiro atoms. The van der Waals surface area contributed by atoms with Crippen LogP contribution in [0.5, 0.6) is 0 Å². The van der Waals surface area contributed by atoms with Crippen LogP contribution < -0.4 is 0 Å². The van der Waals surface area contributed by atoms with E-state index in [-0.39, 0.29) is 0 Å². The van der Waals surface area contributed by atoms with Gasteiger partial charge in [-0.1, -0.05) is 75.8 Å². The molecule has 0 atom stereocenters. The second kappa shape index (κ2) is 11.2. The van der Waals surface area contributed by atoms with Crippen LogP contribution in [0.3, 0.4) is 0 Å². The average molecular weight is 327 g/mol. The summed E-state index contributed by atoms with van der Waals surface area (Å²) in [4.78, 5) is 10.3. The Kier molecular flexibility index (Phi) is 8.87. The lowest BCUT2D eigenvalue weighted by molar-refractivity contribution is -0.104. The summed E-state index contributed by atoms with van der Waals surface area (Å²) in [6.45, 7) is 2.21. The van der Waals surface area contributed by atoms with Crippen molar-refractivity contribution in [2.24, 2.45) is 11.8 Å². The van der Waals surface area contributed by atoms with Crippen molar-refractivity contribution in [2.75, 3.05) is 0 Å². The van der Waals surface area contributed by atoms with Crippen molar-refractivity contribution in [1.29, 1.82) is 0 Å². The Morgan fingerprint density at radius 1 is 0.917 bits per heavy atom. The highest BCUT2D eigenvalue weighted by Crippen LogP contribution is 2.34. The first kappa shape index (κ1) is 19.0. The van der Waals surface area contributed by atoms with Gasteiger partial charge in [0.1, 0.15) is 6.29 Å². The smallest absolute Gasteiger partial charge is 0.142 e. The van der Waals surface area contributed by atoms with E-state index in [0.29, 0.717) is 0 Å². The molecule has 0 amide bonds. The molecule has 0 saturated heterocycles. The highest BCUT2D eigenvalue weighted by Gasteiger charge is 2.20. The summed E-state index contributed by atoms with van der Waals surface area (Å²) in [6.07, 6.45) is 19.0. The lowest BCUT2D eigenvalue weighted by Crippen LogP contribution is -2.14. The zero-order valence-corrected chi connectivity index (χ0v) is 15.4. The molecular weight excluding hydrogens is 292 g/mol. The third-order valence-corrected chi connectivity index (χ3v) is 5.68. The molecule has 1 aromatic carbocycles. The van der Waals surface area contributed by atoms with Gasteiger partial charge in [0.05, 0.1) is 0 Å². The van der Waals surface area contributed by atoms with Crippen LogP contribution in [0.1, 0.15) is 75.8 Å². The first-order valence-corrected chi connectivity index (χ1v) is 10.00. The third-order valence-electron chi connectivity index (χ3n) is 5.68. The summed E-state index contributed by atoms with van der Waals surface area (Å²) in [5, 5.41) is 0. The molecule has 1 nitrogen and oxygen atoms in total. The van der Waals surface area contributed by atoms with Gasteiger partial charge in [0.2, 0.25) is 0 Å². The van der Waals surface area contributed by atoms with Crippen LogP contribution >= 0.6 is 0 Å².